The zero-order chi connectivity index (χ0) is 17.9. The minimum absolute atomic E-state index is 0.120. The summed E-state index contributed by atoms with van der Waals surface area (Å²) in [6.45, 7) is 3.42. The minimum Gasteiger partial charge on any atom is -0.497 e. The number of hydrogen-bond acceptors (Lipinski definition) is 4. The zero-order valence-electron chi connectivity index (χ0n) is 15.8. The maximum absolute atomic E-state index is 6.45. The van der Waals surface area contributed by atoms with Crippen LogP contribution < -0.4 is 14.8 Å². The third-order valence-electron chi connectivity index (χ3n) is 6.91. The van der Waals surface area contributed by atoms with E-state index in [0.717, 1.165) is 36.1 Å². The Kier molecular flexibility index (Phi) is 3.61. The summed E-state index contributed by atoms with van der Waals surface area (Å²) in [6, 6.07) is 4.62. The minimum atomic E-state index is -0.200. The Labute approximate surface area is 155 Å². The van der Waals surface area contributed by atoms with Gasteiger partial charge in [0.1, 0.15) is 5.76 Å². The molecule has 138 valence electrons. The molecule has 0 aromatic heterocycles. The Hall–Kier alpha value is -1.94. The second-order valence-corrected chi connectivity index (χ2v) is 8.19. The highest BCUT2D eigenvalue weighted by Gasteiger charge is 2.57. The van der Waals surface area contributed by atoms with Crippen LogP contribution in [-0.2, 0) is 16.6 Å². The zero-order valence-corrected chi connectivity index (χ0v) is 15.8. The third-order valence-corrected chi connectivity index (χ3v) is 6.91. The summed E-state index contributed by atoms with van der Waals surface area (Å²) in [6.07, 6.45) is 9.36. The van der Waals surface area contributed by atoms with Gasteiger partial charge in [0.05, 0.1) is 19.6 Å². The molecule has 1 fully saturated rings. The van der Waals surface area contributed by atoms with Gasteiger partial charge in [0.2, 0.25) is 0 Å². The van der Waals surface area contributed by atoms with E-state index >= 15 is 0 Å². The summed E-state index contributed by atoms with van der Waals surface area (Å²) < 4.78 is 17.7. The van der Waals surface area contributed by atoms with Crippen LogP contribution in [0, 0.1) is 5.92 Å². The fourth-order valence-corrected chi connectivity index (χ4v) is 5.23. The lowest BCUT2D eigenvalue weighted by molar-refractivity contribution is 0.117. The Bertz CT molecular complexity index is 808. The molecule has 4 aliphatic rings. The first-order valence-electron chi connectivity index (χ1n) is 9.73. The largest absolute Gasteiger partial charge is 0.497 e. The van der Waals surface area contributed by atoms with E-state index < -0.39 is 0 Å². The van der Waals surface area contributed by atoms with Crippen LogP contribution in [0.25, 0.3) is 0 Å². The molecule has 26 heavy (non-hydrogen) atoms. The van der Waals surface area contributed by atoms with Crippen molar-refractivity contribution in [1.29, 1.82) is 0 Å². The van der Waals surface area contributed by atoms with Gasteiger partial charge in [0.25, 0.3) is 0 Å². The summed E-state index contributed by atoms with van der Waals surface area (Å²) in [5.41, 5.74) is 3.88. The van der Waals surface area contributed by atoms with Crippen LogP contribution in [0.5, 0.6) is 11.5 Å². The average Bonchev–Trinajstić information content (AvgIpc) is 2.93. The van der Waals surface area contributed by atoms with Crippen molar-refractivity contribution in [3.63, 3.8) is 0 Å². The molecule has 4 nitrogen and oxygen atoms in total. The molecule has 1 unspecified atom stereocenters. The van der Waals surface area contributed by atoms with Gasteiger partial charge in [0, 0.05) is 11.6 Å². The van der Waals surface area contributed by atoms with Crippen LogP contribution in [0.4, 0.5) is 0 Å². The van der Waals surface area contributed by atoms with Crippen molar-refractivity contribution in [1.82, 2.24) is 5.32 Å². The van der Waals surface area contributed by atoms with Crippen LogP contribution in [0.3, 0.4) is 0 Å². The number of benzene rings is 1. The molecule has 5 rings (SSSR count). The molecular formula is C22H27NO3. The second kappa shape index (κ2) is 5.78. The van der Waals surface area contributed by atoms with E-state index in [1.54, 1.807) is 14.2 Å². The molecule has 1 saturated carbocycles. The first kappa shape index (κ1) is 16.2. The fourth-order valence-electron chi connectivity index (χ4n) is 5.23. The normalized spacial score (nSPS) is 31.3. The molecular weight excluding hydrogens is 326 g/mol. The molecule has 1 heterocycles. The molecule has 3 atom stereocenters. The molecule has 4 heteroatoms. The molecule has 0 bridgehead atoms. The molecule has 1 aromatic rings. The van der Waals surface area contributed by atoms with Gasteiger partial charge in [-0.3, -0.25) is 0 Å². The molecule has 1 aromatic carbocycles. The number of methoxy groups -OCH3 is 2. The highest BCUT2D eigenvalue weighted by atomic mass is 16.6. The second-order valence-electron chi connectivity index (χ2n) is 8.19. The monoisotopic (exact) mass is 353 g/mol. The van der Waals surface area contributed by atoms with Crippen LogP contribution in [-0.4, -0.2) is 32.9 Å². The first-order chi connectivity index (χ1) is 12.7. The van der Waals surface area contributed by atoms with Crippen molar-refractivity contribution in [2.75, 3.05) is 20.8 Å². The predicted molar refractivity (Wildman–Crippen MR) is 101 cm³/mol. The van der Waals surface area contributed by atoms with E-state index in [0.29, 0.717) is 6.04 Å². The molecule has 3 aliphatic carbocycles. The van der Waals surface area contributed by atoms with Crippen LogP contribution in [0.1, 0.15) is 37.3 Å². The quantitative estimate of drug-likeness (QED) is 0.879. The van der Waals surface area contributed by atoms with Gasteiger partial charge in [-0.1, -0.05) is 18.6 Å². The predicted octanol–water partition coefficient (Wildman–Crippen LogP) is 3.50. The number of hydrogen-bond donors (Lipinski definition) is 1. The van der Waals surface area contributed by atoms with Gasteiger partial charge >= 0.3 is 0 Å². The number of nitrogens with one attached hydrogen (secondary N) is 1. The Morgan fingerprint density at radius 2 is 2.04 bits per heavy atom. The lowest BCUT2D eigenvalue weighted by atomic mass is 9.62. The van der Waals surface area contributed by atoms with E-state index in [9.17, 15) is 0 Å². The molecule has 1 aliphatic heterocycles. The van der Waals surface area contributed by atoms with Crippen LogP contribution in [0.15, 0.2) is 35.6 Å². The molecule has 0 amide bonds. The summed E-state index contributed by atoms with van der Waals surface area (Å²) in [5.74, 6) is 3.45. The number of allylic oxidation sites excluding steroid dienone is 2. The Balaban J connectivity index is 1.60. The van der Waals surface area contributed by atoms with E-state index in [1.165, 1.54) is 36.0 Å². The van der Waals surface area contributed by atoms with Crippen molar-refractivity contribution in [3.05, 3.63) is 46.7 Å². The van der Waals surface area contributed by atoms with Gasteiger partial charge in [-0.2, -0.15) is 0 Å². The van der Waals surface area contributed by atoms with Crippen molar-refractivity contribution in [2.24, 2.45) is 5.92 Å². The Morgan fingerprint density at radius 1 is 1.19 bits per heavy atom. The summed E-state index contributed by atoms with van der Waals surface area (Å²) >= 11 is 0. The number of ether oxygens (including phenoxy) is 3. The standard InChI is InChI=1S/C22H27NO3/c1-22-15-8-10-18(25-3)21(22)26-20-17(24-2)9-7-14(19(20)22)11-16(15)23-12-13-5-4-6-13/h7-10,13,16,21,23H,4-6,11-12H2,1-3H3/t16-,21?,22+/m0/s1. The lowest BCUT2D eigenvalue weighted by Gasteiger charge is -2.44. The van der Waals surface area contributed by atoms with Crippen molar-refractivity contribution in [3.8, 4) is 11.5 Å². The van der Waals surface area contributed by atoms with E-state index in [-0.39, 0.29) is 11.5 Å². The summed E-state index contributed by atoms with van der Waals surface area (Å²) in [7, 11) is 3.44. The maximum Gasteiger partial charge on any atom is 0.169 e. The van der Waals surface area contributed by atoms with Gasteiger partial charge in [-0.25, -0.2) is 0 Å². The molecule has 0 spiro atoms. The van der Waals surface area contributed by atoms with Crippen molar-refractivity contribution < 1.29 is 14.2 Å². The van der Waals surface area contributed by atoms with Crippen molar-refractivity contribution >= 4 is 0 Å². The smallest absolute Gasteiger partial charge is 0.169 e. The van der Waals surface area contributed by atoms with E-state index in [4.69, 9.17) is 14.2 Å². The number of rotatable bonds is 5. The topological polar surface area (TPSA) is 39.7 Å². The highest BCUT2D eigenvalue weighted by molar-refractivity contribution is 5.66. The highest BCUT2D eigenvalue weighted by Crippen LogP contribution is 2.58. The maximum atomic E-state index is 6.45. The van der Waals surface area contributed by atoms with E-state index in [2.05, 4.69) is 30.5 Å². The van der Waals surface area contributed by atoms with Gasteiger partial charge in [-0.15, -0.1) is 0 Å². The summed E-state index contributed by atoms with van der Waals surface area (Å²) in [5, 5.41) is 3.87. The van der Waals surface area contributed by atoms with E-state index in [1.807, 2.05) is 6.07 Å². The Morgan fingerprint density at radius 3 is 2.73 bits per heavy atom. The van der Waals surface area contributed by atoms with Crippen LogP contribution in [0.2, 0.25) is 0 Å². The lowest BCUT2D eigenvalue weighted by Crippen LogP contribution is -2.52. The van der Waals surface area contributed by atoms with Gasteiger partial charge in [0.15, 0.2) is 17.6 Å². The average molecular weight is 353 g/mol. The van der Waals surface area contributed by atoms with Gasteiger partial charge < -0.3 is 19.5 Å². The molecule has 0 radical (unpaired) electrons. The SMILES string of the molecule is COC1=CC=C2[C@@H](NCC3CCC3)Cc3ccc(OC)c4c3[C@]2(C)C1O4. The van der Waals surface area contributed by atoms with Gasteiger partial charge in [-0.05, 0) is 61.9 Å². The van der Waals surface area contributed by atoms with Crippen molar-refractivity contribution in [2.45, 2.75) is 50.2 Å². The fraction of sp³-hybridized carbons (Fsp3) is 0.545. The molecule has 0 saturated heterocycles. The molecule has 1 N–H and O–H groups in total. The summed E-state index contributed by atoms with van der Waals surface area (Å²) in [4.78, 5) is 0. The first-order valence-corrected chi connectivity index (χ1v) is 9.73. The van der Waals surface area contributed by atoms with Crippen LogP contribution >= 0.6 is 0 Å². The third kappa shape index (κ3) is 2.05.